The molecule has 0 amide bonds. The molecule has 0 fully saturated rings. The zero-order chi connectivity index (χ0) is 2.71. The van der Waals surface area contributed by atoms with Gasteiger partial charge in [0.1, 0.15) is 0 Å². The van der Waals surface area contributed by atoms with Crippen molar-refractivity contribution in [1.29, 1.82) is 0 Å². The summed E-state index contributed by atoms with van der Waals surface area (Å²) >= 11 is 0. The second kappa shape index (κ2) is 10.2. The van der Waals surface area contributed by atoms with Crippen LogP contribution in [0.1, 0.15) is 0 Å². The predicted molar refractivity (Wildman–Crippen MR) is 12.5 cm³/mol. The van der Waals surface area contributed by atoms with E-state index in [1.54, 1.807) is 4.75 Å². The van der Waals surface area contributed by atoms with Crippen molar-refractivity contribution in [2.75, 3.05) is 0 Å². The molecule has 4 heavy (non-hydrogen) atoms. The standard InChI is InChI=1S/O3.Pb/c1-3-2;. The monoisotopic (exact) mass is 256 g/mol. The Hall–Kier alpha value is 0.322. The van der Waals surface area contributed by atoms with Crippen LogP contribution in [0.3, 0.4) is 0 Å². The molecule has 22 valence electrons. The minimum atomic E-state index is 0. The SMILES string of the molecule is O=[O+][O-].[Pb]. The van der Waals surface area contributed by atoms with E-state index in [0.717, 1.165) is 0 Å². The van der Waals surface area contributed by atoms with Crippen LogP contribution in [0.2, 0.25) is 0 Å². The van der Waals surface area contributed by atoms with E-state index >= 15 is 0 Å². The minimum absolute atomic E-state index is 0. The maximum atomic E-state index is 7.88. The van der Waals surface area contributed by atoms with Crippen LogP contribution in [-0.2, 0) is 0 Å². The summed E-state index contributed by atoms with van der Waals surface area (Å²) in [4.78, 5) is 7.88. The molecule has 0 aromatic carbocycles. The van der Waals surface area contributed by atoms with E-state index in [0.29, 0.717) is 0 Å². The first kappa shape index (κ1) is 8.85. The molecule has 0 aliphatic heterocycles. The zero-order valence-corrected chi connectivity index (χ0v) is 5.61. The third-order valence-electron chi connectivity index (χ3n) is 0. The molecule has 0 spiro atoms. The van der Waals surface area contributed by atoms with Crippen LogP contribution in [0, 0.1) is 9.71 Å². The fourth-order valence-corrected chi connectivity index (χ4v) is 0. The Bertz CT molecular complexity index is 10.8. The van der Waals surface area contributed by atoms with Gasteiger partial charge < -0.3 is 0 Å². The third kappa shape index (κ3) is 39.1. The summed E-state index contributed by atoms with van der Waals surface area (Å²) in [6, 6.07) is 0. The summed E-state index contributed by atoms with van der Waals surface area (Å²) in [5.41, 5.74) is 0. The Kier molecular flexibility index (Phi) is 22.7. The molecule has 0 unspecified atom stereocenters. The number of rotatable bonds is 0. The van der Waals surface area contributed by atoms with Crippen molar-refractivity contribution >= 4 is 27.3 Å². The van der Waals surface area contributed by atoms with Crippen molar-refractivity contribution in [3.63, 3.8) is 0 Å². The molecule has 0 bridgehead atoms. The molecule has 0 atom stereocenters. The molecule has 4 heteroatoms. The maximum absolute atomic E-state index is 7.88. The molecule has 0 saturated heterocycles. The Morgan fingerprint density at radius 2 is 1.75 bits per heavy atom. The van der Waals surface area contributed by atoms with Crippen LogP contribution >= 0.6 is 0 Å². The normalized spacial score (nSPS) is 3.00. The van der Waals surface area contributed by atoms with Gasteiger partial charge in [0.05, 0.1) is 0 Å². The minimum Gasteiger partial charge on any atom is -0.0772 e. The van der Waals surface area contributed by atoms with Gasteiger partial charge in [-0.3, -0.25) is 0 Å². The van der Waals surface area contributed by atoms with Gasteiger partial charge in [0.25, 0.3) is 0 Å². The van der Waals surface area contributed by atoms with Crippen LogP contribution in [0.4, 0.5) is 0 Å². The summed E-state index contributed by atoms with van der Waals surface area (Å²) < 4.78 is 1.75. The predicted octanol–water partition coefficient (Wildman–Crippen LogP) is -1.50. The van der Waals surface area contributed by atoms with E-state index < -0.39 is 0 Å². The molecule has 0 aliphatic carbocycles. The summed E-state index contributed by atoms with van der Waals surface area (Å²) in [6.45, 7) is 0. The van der Waals surface area contributed by atoms with Crippen LogP contribution in [-0.4, -0.2) is 27.3 Å². The van der Waals surface area contributed by atoms with Gasteiger partial charge in [-0.25, -0.2) is 0 Å². The average Bonchev–Trinajstić information content (AvgIpc) is 0.918. The molecule has 3 nitrogen and oxygen atoms in total. The van der Waals surface area contributed by atoms with Gasteiger partial charge in [0, 0.05) is 27.3 Å². The fraction of sp³-hybridized carbons (Fsp3) is 0. The van der Waals surface area contributed by atoms with Crippen molar-refractivity contribution in [3.05, 3.63) is 9.71 Å². The van der Waals surface area contributed by atoms with Gasteiger partial charge >= 0.3 is 0 Å². The smallest absolute Gasteiger partial charge is 0.0772 e. The molecular weight excluding hydrogens is 255 g/mol. The van der Waals surface area contributed by atoms with Crippen LogP contribution in [0.15, 0.2) is 0 Å². The maximum Gasteiger partial charge on any atom is 0.154 e. The summed E-state index contributed by atoms with van der Waals surface area (Å²) in [5, 5.41) is 7.88. The molecular formula is O3Pb. The first-order chi connectivity index (χ1) is 1.41. The van der Waals surface area contributed by atoms with E-state index in [-0.39, 0.29) is 27.3 Å². The quantitative estimate of drug-likeness (QED) is 0.229. The van der Waals surface area contributed by atoms with Crippen molar-refractivity contribution in [2.45, 2.75) is 0 Å². The van der Waals surface area contributed by atoms with E-state index in [4.69, 9.17) is 10.2 Å². The molecule has 4 radical (unpaired) electrons. The molecule has 0 aromatic heterocycles. The first-order valence-electron chi connectivity index (χ1n) is 0.333. The van der Waals surface area contributed by atoms with E-state index in [2.05, 4.69) is 0 Å². The first-order valence-corrected chi connectivity index (χ1v) is 0.333. The third-order valence-corrected chi connectivity index (χ3v) is 0. The van der Waals surface area contributed by atoms with E-state index in [9.17, 15) is 0 Å². The van der Waals surface area contributed by atoms with Crippen LogP contribution in [0.5, 0.6) is 0 Å². The Balaban J connectivity index is 0. The molecule has 0 saturated carbocycles. The Morgan fingerprint density at radius 3 is 1.75 bits per heavy atom. The molecule has 0 aliphatic rings. The number of hydrogen-bond donors (Lipinski definition) is 0. The second-order valence-electron chi connectivity index (χ2n) is 0.0680. The van der Waals surface area contributed by atoms with Gasteiger partial charge in [-0.05, 0) is 0 Å². The van der Waals surface area contributed by atoms with Crippen molar-refractivity contribution in [1.82, 2.24) is 0 Å². The molecule has 0 N–H and O–H groups in total. The second-order valence-corrected chi connectivity index (χ2v) is 0.0680. The number of hydrogen-bond acceptors (Lipinski definition) is 2. The van der Waals surface area contributed by atoms with Gasteiger partial charge in [0.15, 0.2) is 4.75 Å². The van der Waals surface area contributed by atoms with Crippen LogP contribution in [0.25, 0.3) is 0 Å². The van der Waals surface area contributed by atoms with Gasteiger partial charge in [-0.15, -0.1) is 0 Å². The van der Waals surface area contributed by atoms with Crippen molar-refractivity contribution in [2.24, 2.45) is 0 Å². The summed E-state index contributed by atoms with van der Waals surface area (Å²) in [7, 11) is 0. The van der Waals surface area contributed by atoms with Gasteiger partial charge in [-0.2, -0.15) is 0 Å². The summed E-state index contributed by atoms with van der Waals surface area (Å²) in [5.74, 6) is 0. The topological polar surface area (TPSA) is 51.4 Å². The largest absolute Gasteiger partial charge is 0.154 e. The van der Waals surface area contributed by atoms with E-state index in [1.807, 2.05) is 0 Å². The molecule has 0 aromatic rings. The van der Waals surface area contributed by atoms with Gasteiger partial charge in [-0.1, -0.05) is 10.2 Å². The van der Waals surface area contributed by atoms with Crippen LogP contribution < -0.4 is 5.26 Å². The zero-order valence-electron chi connectivity index (χ0n) is 1.72. The molecule has 0 rings (SSSR count). The average molecular weight is 255 g/mol. The Labute approximate surface area is 42.6 Å². The van der Waals surface area contributed by atoms with Crippen molar-refractivity contribution in [3.8, 4) is 0 Å². The summed E-state index contributed by atoms with van der Waals surface area (Å²) in [6.07, 6.45) is 0. The van der Waals surface area contributed by atoms with Gasteiger partial charge in [0.2, 0.25) is 0 Å². The van der Waals surface area contributed by atoms with Crippen molar-refractivity contribution < 1.29 is 5.26 Å². The van der Waals surface area contributed by atoms with E-state index in [1.165, 1.54) is 0 Å². The fourth-order valence-electron chi connectivity index (χ4n) is 0. The molecule has 0 heterocycles. The Morgan fingerprint density at radius 1 is 1.75 bits per heavy atom.